The molecule has 0 radical (unpaired) electrons. The van der Waals surface area contributed by atoms with Crippen LogP contribution in [0.25, 0.3) is 0 Å². The molecule has 2 aromatic carbocycles. The quantitative estimate of drug-likeness (QED) is 0.908. The fourth-order valence-electron chi connectivity index (χ4n) is 3.21. The van der Waals surface area contributed by atoms with Gasteiger partial charge in [-0.25, -0.2) is 4.79 Å². The van der Waals surface area contributed by atoms with Crippen LogP contribution in [-0.4, -0.2) is 48.6 Å². The molecular weight excluding hydrogens is 310 g/mol. The van der Waals surface area contributed by atoms with Crippen molar-refractivity contribution in [2.24, 2.45) is 0 Å². The monoisotopic (exact) mass is 337 g/mol. The predicted molar refractivity (Wildman–Crippen MR) is 102 cm³/mol. The highest BCUT2D eigenvalue weighted by Crippen LogP contribution is 2.12. The minimum atomic E-state index is 0.0322. The van der Waals surface area contributed by atoms with Crippen LogP contribution >= 0.6 is 0 Å². The Labute approximate surface area is 150 Å². The van der Waals surface area contributed by atoms with Crippen LogP contribution in [0.5, 0.6) is 0 Å². The number of piperazine rings is 1. The lowest BCUT2D eigenvalue weighted by molar-refractivity contribution is 0.138. The summed E-state index contributed by atoms with van der Waals surface area (Å²) in [6.45, 7) is 6.56. The molecule has 0 saturated carbocycles. The normalized spacial score (nSPS) is 16.4. The molecule has 132 valence electrons. The number of benzene rings is 2. The van der Waals surface area contributed by atoms with Gasteiger partial charge >= 0.3 is 6.03 Å². The van der Waals surface area contributed by atoms with Crippen molar-refractivity contribution in [3.8, 4) is 0 Å². The molecule has 3 rings (SSSR count). The fraction of sp³-hybridized carbons (Fsp3) is 0.381. The van der Waals surface area contributed by atoms with Gasteiger partial charge < -0.3 is 10.2 Å². The van der Waals surface area contributed by atoms with Gasteiger partial charge in [-0.3, -0.25) is 4.90 Å². The minimum Gasteiger partial charge on any atom is -0.331 e. The smallest absolute Gasteiger partial charge is 0.317 e. The summed E-state index contributed by atoms with van der Waals surface area (Å²) >= 11 is 0. The number of nitrogens with one attached hydrogen (secondary N) is 1. The average molecular weight is 337 g/mol. The van der Waals surface area contributed by atoms with Crippen LogP contribution in [0.3, 0.4) is 0 Å². The number of amides is 2. The molecule has 1 saturated heterocycles. The lowest BCUT2D eigenvalue weighted by Crippen LogP contribution is -2.52. The molecule has 1 N–H and O–H groups in total. The summed E-state index contributed by atoms with van der Waals surface area (Å²) in [5.74, 6) is 0. The van der Waals surface area contributed by atoms with Gasteiger partial charge in [0.05, 0.1) is 6.04 Å². The van der Waals surface area contributed by atoms with E-state index in [1.807, 2.05) is 42.2 Å². The van der Waals surface area contributed by atoms with Gasteiger partial charge in [-0.1, -0.05) is 60.7 Å². The molecule has 1 aliphatic heterocycles. The van der Waals surface area contributed by atoms with Crippen molar-refractivity contribution in [2.75, 3.05) is 32.7 Å². The molecule has 2 amide bonds. The first-order valence-electron chi connectivity index (χ1n) is 9.09. The number of hydrogen-bond acceptors (Lipinski definition) is 2. The Balaban J connectivity index is 1.41. The Hall–Kier alpha value is -2.33. The lowest BCUT2D eigenvalue weighted by atomic mass is 10.1. The molecule has 0 aromatic heterocycles. The van der Waals surface area contributed by atoms with Gasteiger partial charge in [-0.05, 0) is 24.5 Å². The number of carbonyl (C=O) groups excluding carboxylic acids is 1. The molecular formula is C21H27N3O. The van der Waals surface area contributed by atoms with Crippen molar-refractivity contribution in [3.63, 3.8) is 0 Å². The first kappa shape index (κ1) is 17.5. The highest BCUT2D eigenvalue weighted by Gasteiger charge is 2.22. The van der Waals surface area contributed by atoms with E-state index >= 15 is 0 Å². The molecule has 0 aliphatic carbocycles. The second-order valence-electron chi connectivity index (χ2n) is 6.65. The summed E-state index contributed by atoms with van der Waals surface area (Å²) in [7, 11) is 0. The zero-order chi connectivity index (χ0) is 17.5. The van der Waals surface area contributed by atoms with E-state index in [0.717, 1.165) is 44.7 Å². The maximum atomic E-state index is 12.5. The van der Waals surface area contributed by atoms with Crippen molar-refractivity contribution in [2.45, 2.75) is 19.4 Å². The molecule has 1 aliphatic rings. The second kappa shape index (κ2) is 8.67. The molecule has 4 nitrogen and oxygen atoms in total. The van der Waals surface area contributed by atoms with Crippen LogP contribution in [0, 0.1) is 0 Å². The maximum absolute atomic E-state index is 12.5. The standard InChI is InChI=1S/C21H27N3O/c1-18(20-10-6-3-7-11-20)22-21(25)24-16-14-23(15-17-24)13-12-19-8-4-2-5-9-19/h2-11,18H,12-17H2,1H3,(H,22,25). The molecule has 4 heteroatoms. The number of urea groups is 1. The first-order valence-corrected chi connectivity index (χ1v) is 9.09. The molecule has 1 atom stereocenters. The van der Waals surface area contributed by atoms with E-state index in [-0.39, 0.29) is 12.1 Å². The summed E-state index contributed by atoms with van der Waals surface area (Å²) < 4.78 is 0. The van der Waals surface area contributed by atoms with Gasteiger partial charge in [0.15, 0.2) is 0 Å². The topological polar surface area (TPSA) is 35.6 Å². The van der Waals surface area contributed by atoms with Crippen LogP contribution in [0.15, 0.2) is 60.7 Å². The van der Waals surface area contributed by atoms with Crippen LogP contribution in [0.4, 0.5) is 4.79 Å². The van der Waals surface area contributed by atoms with Crippen molar-refractivity contribution in [1.29, 1.82) is 0 Å². The summed E-state index contributed by atoms with van der Waals surface area (Å²) in [5, 5.41) is 3.11. The molecule has 25 heavy (non-hydrogen) atoms. The third-order valence-corrected chi connectivity index (χ3v) is 4.86. The van der Waals surface area contributed by atoms with Gasteiger partial charge in [0.25, 0.3) is 0 Å². The zero-order valence-electron chi connectivity index (χ0n) is 14.9. The fourth-order valence-corrected chi connectivity index (χ4v) is 3.21. The Morgan fingerprint density at radius 1 is 0.960 bits per heavy atom. The maximum Gasteiger partial charge on any atom is 0.317 e. The van der Waals surface area contributed by atoms with E-state index in [9.17, 15) is 4.79 Å². The Morgan fingerprint density at radius 2 is 1.56 bits per heavy atom. The van der Waals surface area contributed by atoms with E-state index in [1.54, 1.807) is 0 Å². The van der Waals surface area contributed by atoms with Crippen molar-refractivity contribution in [1.82, 2.24) is 15.1 Å². The Kier molecular flexibility index (Phi) is 6.07. The number of hydrogen-bond donors (Lipinski definition) is 1. The van der Waals surface area contributed by atoms with E-state index < -0.39 is 0 Å². The van der Waals surface area contributed by atoms with Crippen molar-refractivity contribution >= 4 is 6.03 Å². The van der Waals surface area contributed by atoms with Crippen LogP contribution in [0.2, 0.25) is 0 Å². The van der Waals surface area contributed by atoms with E-state index in [2.05, 4.69) is 40.5 Å². The number of rotatable bonds is 5. The second-order valence-corrected chi connectivity index (χ2v) is 6.65. The summed E-state index contributed by atoms with van der Waals surface area (Å²) in [5.41, 5.74) is 2.51. The minimum absolute atomic E-state index is 0.0322. The number of carbonyl (C=O) groups is 1. The van der Waals surface area contributed by atoms with Gasteiger partial charge in [-0.2, -0.15) is 0 Å². The zero-order valence-corrected chi connectivity index (χ0v) is 14.9. The van der Waals surface area contributed by atoms with Gasteiger partial charge in [-0.15, -0.1) is 0 Å². The molecule has 2 aromatic rings. The van der Waals surface area contributed by atoms with Crippen LogP contribution in [0.1, 0.15) is 24.1 Å². The van der Waals surface area contributed by atoms with Crippen LogP contribution < -0.4 is 5.32 Å². The predicted octanol–water partition coefficient (Wildman–Crippen LogP) is 3.32. The molecule has 1 fully saturated rings. The SMILES string of the molecule is CC(NC(=O)N1CCN(CCc2ccccc2)CC1)c1ccccc1. The van der Waals surface area contributed by atoms with Crippen molar-refractivity contribution in [3.05, 3.63) is 71.8 Å². The lowest BCUT2D eigenvalue weighted by Gasteiger charge is -2.35. The highest BCUT2D eigenvalue weighted by atomic mass is 16.2. The van der Waals surface area contributed by atoms with Gasteiger partial charge in [0.2, 0.25) is 0 Å². The summed E-state index contributed by atoms with van der Waals surface area (Å²) in [6, 6.07) is 20.7. The molecule has 0 spiro atoms. The molecule has 1 unspecified atom stereocenters. The summed E-state index contributed by atoms with van der Waals surface area (Å²) in [4.78, 5) is 16.8. The van der Waals surface area contributed by atoms with E-state index in [4.69, 9.17) is 0 Å². The molecule has 1 heterocycles. The first-order chi connectivity index (χ1) is 12.2. The Bertz CT molecular complexity index is 651. The largest absolute Gasteiger partial charge is 0.331 e. The van der Waals surface area contributed by atoms with E-state index in [1.165, 1.54) is 5.56 Å². The van der Waals surface area contributed by atoms with E-state index in [0.29, 0.717) is 0 Å². The average Bonchev–Trinajstić information content (AvgIpc) is 2.68. The number of nitrogens with zero attached hydrogens (tertiary/aromatic N) is 2. The van der Waals surface area contributed by atoms with Crippen molar-refractivity contribution < 1.29 is 4.79 Å². The van der Waals surface area contributed by atoms with Gasteiger partial charge in [0.1, 0.15) is 0 Å². The molecule has 0 bridgehead atoms. The third-order valence-electron chi connectivity index (χ3n) is 4.86. The van der Waals surface area contributed by atoms with Gasteiger partial charge in [0, 0.05) is 32.7 Å². The van der Waals surface area contributed by atoms with Crippen LogP contribution in [-0.2, 0) is 6.42 Å². The third kappa shape index (κ3) is 5.07. The summed E-state index contributed by atoms with van der Waals surface area (Å²) in [6.07, 6.45) is 1.07. The highest BCUT2D eigenvalue weighted by molar-refractivity contribution is 5.74. The Morgan fingerprint density at radius 3 is 2.20 bits per heavy atom.